The van der Waals surface area contributed by atoms with Crippen molar-refractivity contribution in [3.8, 4) is 0 Å². The second-order valence-corrected chi connectivity index (χ2v) is 4.54. The van der Waals surface area contributed by atoms with Gasteiger partial charge in [0.05, 0.1) is 5.56 Å². The molecule has 0 aromatic carbocycles. The number of hydrogen-bond donors (Lipinski definition) is 3. The third-order valence-corrected chi connectivity index (χ3v) is 3.14. The number of H-pyrrole nitrogens is 1. The van der Waals surface area contributed by atoms with Crippen LogP contribution in [0.25, 0.3) is 0 Å². The average Bonchev–Trinajstić information content (AvgIpc) is 2.28. The summed E-state index contributed by atoms with van der Waals surface area (Å²) in [5.41, 5.74) is 6.73. The van der Waals surface area contributed by atoms with E-state index in [1.54, 1.807) is 12.3 Å². The van der Waals surface area contributed by atoms with Gasteiger partial charge in [-0.2, -0.15) is 0 Å². The summed E-state index contributed by atoms with van der Waals surface area (Å²) in [6.45, 7) is 1.85. The van der Waals surface area contributed by atoms with Gasteiger partial charge >= 0.3 is 0 Å². The summed E-state index contributed by atoms with van der Waals surface area (Å²) < 4.78 is 0. The van der Waals surface area contributed by atoms with Gasteiger partial charge in [-0.1, -0.05) is 0 Å². The molecule has 2 heterocycles. The standard InChI is InChI=1S/C11H11N5OS/c1-6-2-4-14-10(8(6)9(12)13)18-11-15-5-3-7(17)16-11/h2-5H,1H3,(H3,12,13)(H,15,16,17). The second kappa shape index (κ2) is 5.01. The molecule has 4 N–H and O–H groups in total. The van der Waals surface area contributed by atoms with Crippen molar-refractivity contribution >= 4 is 17.6 Å². The van der Waals surface area contributed by atoms with E-state index in [1.807, 2.05) is 6.92 Å². The smallest absolute Gasteiger partial charge is 0.251 e. The van der Waals surface area contributed by atoms with E-state index >= 15 is 0 Å². The van der Waals surface area contributed by atoms with Crippen molar-refractivity contribution in [2.24, 2.45) is 5.73 Å². The SMILES string of the molecule is Cc1ccnc(Sc2nccc(=O)[nH]2)c1C(=N)N. The van der Waals surface area contributed by atoms with Gasteiger partial charge in [-0.15, -0.1) is 0 Å². The summed E-state index contributed by atoms with van der Waals surface area (Å²) in [5.74, 6) is -0.0543. The van der Waals surface area contributed by atoms with Crippen molar-refractivity contribution in [3.63, 3.8) is 0 Å². The first-order valence-corrected chi connectivity index (χ1v) is 5.93. The normalized spacial score (nSPS) is 10.3. The van der Waals surface area contributed by atoms with Gasteiger partial charge in [0.15, 0.2) is 5.16 Å². The summed E-state index contributed by atoms with van der Waals surface area (Å²) in [5, 5.41) is 8.53. The van der Waals surface area contributed by atoms with Gasteiger partial charge in [0.1, 0.15) is 10.9 Å². The Kier molecular flexibility index (Phi) is 3.42. The molecule has 0 radical (unpaired) electrons. The minimum atomic E-state index is -0.232. The Hall–Kier alpha value is -2.15. The molecule has 0 aliphatic carbocycles. The van der Waals surface area contributed by atoms with Crippen molar-refractivity contribution in [1.82, 2.24) is 15.0 Å². The van der Waals surface area contributed by atoms with E-state index in [9.17, 15) is 4.79 Å². The number of aryl methyl sites for hydroxylation is 1. The van der Waals surface area contributed by atoms with Gasteiger partial charge in [0.25, 0.3) is 5.56 Å². The molecule has 18 heavy (non-hydrogen) atoms. The largest absolute Gasteiger partial charge is 0.384 e. The first-order chi connectivity index (χ1) is 8.58. The minimum absolute atomic E-state index is 0.0543. The number of nitrogens with zero attached hydrogens (tertiary/aromatic N) is 2. The van der Waals surface area contributed by atoms with Gasteiger partial charge in [-0.25, -0.2) is 9.97 Å². The third-order valence-electron chi connectivity index (χ3n) is 2.24. The molecular weight excluding hydrogens is 250 g/mol. The van der Waals surface area contributed by atoms with Crippen LogP contribution in [-0.4, -0.2) is 20.8 Å². The molecule has 0 aliphatic rings. The maximum absolute atomic E-state index is 11.2. The Morgan fingerprint density at radius 1 is 1.39 bits per heavy atom. The van der Waals surface area contributed by atoms with Crippen LogP contribution in [0.15, 0.2) is 39.5 Å². The Balaban J connectivity index is 2.43. The first kappa shape index (κ1) is 12.3. The molecule has 0 unspecified atom stereocenters. The predicted octanol–water partition coefficient (Wildman–Crippen LogP) is 0.909. The van der Waals surface area contributed by atoms with Gasteiger partial charge in [-0.3, -0.25) is 10.2 Å². The van der Waals surface area contributed by atoms with Crippen LogP contribution >= 0.6 is 11.8 Å². The van der Waals surface area contributed by atoms with E-state index in [0.29, 0.717) is 15.7 Å². The highest BCUT2D eigenvalue weighted by molar-refractivity contribution is 7.99. The maximum Gasteiger partial charge on any atom is 0.251 e. The molecule has 2 aromatic heterocycles. The van der Waals surface area contributed by atoms with E-state index in [2.05, 4.69) is 15.0 Å². The van der Waals surface area contributed by atoms with Crippen molar-refractivity contribution in [1.29, 1.82) is 5.41 Å². The van der Waals surface area contributed by atoms with Crippen LogP contribution in [0.2, 0.25) is 0 Å². The zero-order valence-corrected chi connectivity index (χ0v) is 10.4. The fourth-order valence-electron chi connectivity index (χ4n) is 1.43. The van der Waals surface area contributed by atoms with E-state index < -0.39 is 0 Å². The highest BCUT2D eigenvalue weighted by Gasteiger charge is 2.12. The second-order valence-electron chi connectivity index (χ2n) is 3.56. The fourth-order valence-corrected chi connectivity index (χ4v) is 2.37. The monoisotopic (exact) mass is 261 g/mol. The Morgan fingerprint density at radius 3 is 2.78 bits per heavy atom. The summed E-state index contributed by atoms with van der Waals surface area (Å²) in [4.78, 5) is 21.9. The molecule has 7 heteroatoms. The van der Waals surface area contributed by atoms with Crippen molar-refractivity contribution < 1.29 is 0 Å². The Labute approximate surface area is 107 Å². The van der Waals surface area contributed by atoms with Crippen molar-refractivity contribution in [3.05, 3.63) is 46.0 Å². The minimum Gasteiger partial charge on any atom is -0.384 e. The van der Waals surface area contributed by atoms with Crippen molar-refractivity contribution in [2.45, 2.75) is 17.1 Å². The summed E-state index contributed by atoms with van der Waals surface area (Å²) in [6, 6.07) is 3.11. The van der Waals surface area contributed by atoms with E-state index in [1.165, 1.54) is 24.0 Å². The molecule has 92 valence electrons. The van der Waals surface area contributed by atoms with Crippen LogP contribution in [0.4, 0.5) is 0 Å². The molecule has 0 atom stereocenters. The molecule has 0 fully saturated rings. The third kappa shape index (κ3) is 2.57. The zero-order chi connectivity index (χ0) is 13.1. The maximum atomic E-state index is 11.2. The van der Waals surface area contributed by atoms with Crippen LogP contribution in [0.3, 0.4) is 0 Å². The lowest BCUT2D eigenvalue weighted by Gasteiger charge is -2.08. The summed E-state index contributed by atoms with van der Waals surface area (Å²) in [7, 11) is 0. The van der Waals surface area contributed by atoms with Crippen LogP contribution in [0, 0.1) is 12.3 Å². The number of amidine groups is 1. The molecule has 0 saturated heterocycles. The fraction of sp³-hybridized carbons (Fsp3) is 0.0909. The highest BCUT2D eigenvalue weighted by atomic mass is 32.2. The van der Waals surface area contributed by atoms with Crippen LogP contribution in [0.5, 0.6) is 0 Å². The van der Waals surface area contributed by atoms with Crippen LogP contribution in [0.1, 0.15) is 11.1 Å². The van der Waals surface area contributed by atoms with E-state index in [-0.39, 0.29) is 11.4 Å². The lowest BCUT2D eigenvalue weighted by molar-refractivity contribution is 0.930. The Bertz CT molecular complexity index is 652. The molecule has 0 spiro atoms. The molecule has 0 amide bonds. The molecule has 6 nitrogen and oxygen atoms in total. The van der Waals surface area contributed by atoms with Crippen LogP contribution < -0.4 is 11.3 Å². The topological polar surface area (TPSA) is 109 Å². The van der Waals surface area contributed by atoms with Gasteiger partial charge in [0, 0.05) is 18.5 Å². The molecule has 2 rings (SSSR count). The number of nitrogens with one attached hydrogen (secondary N) is 2. The quantitative estimate of drug-likeness (QED) is 0.432. The number of pyridine rings is 1. The number of aromatic nitrogens is 3. The highest BCUT2D eigenvalue weighted by Crippen LogP contribution is 2.26. The summed E-state index contributed by atoms with van der Waals surface area (Å²) in [6.07, 6.45) is 3.05. The Morgan fingerprint density at radius 2 is 2.11 bits per heavy atom. The average molecular weight is 261 g/mol. The molecule has 0 saturated carbocycles. The number of rotatable bonds is 3. The number of nitrogens with two attached hydrogens (primary N) is 1. The van der Waals surface area contributed by atoms with Gasteiger partial charge < -0.3 is 10.7 Å². The molecule has 0 aliphatic heterocycles. The molecular formula is C11H11N5OS. The zero-order valence-electron chi connectivity index (χ0n) is 9.60. The lowest BCUT2D eigenvalue weighted by Crippen LogP contribution is -2.15. The first-order valence-electron chi connectivity index (χ1n) is 5.11. The predicted molar refractivity (Wildman–Crippen MR) is 69.0 cm³/mol. The number of aromatic amines is 1. The van der Waals surface area contributed by atoms with Crippen molar-refractivity contribution in [2.75, 3.05) is 0 Å². The van der Waals surface area contributed by atoms with Gasteiger partial charge in [0.2, 0.25) is 0 Å². The van der Waals surface area contributed by atoms with E-state index in [0.717, 1.165) is 5.56 Å². The van der Waals surface area contributed by atoms with E-state index in [4.69, 9.17) is 11.1 Å². The number of hydrogen-bond acceptors (Lipinski definition) is 5. The number of nitrogen functional groups attached to an aromatic ring is 1. The lowest BCUT2D eigenvalue weighted by atomic mass is 10.1. The van der Waals surface area contributed by atoms with Gasteiger partial charge in [-0.05, 0) is 30.3 Å². The molecule has 0 bridgehead atoms. The van der Waals surface area contributed by atoms with Crippen LogP contribution in [-0.2, 0) is 0 Å². The summed E-state index contributed by atoms with van der Waals surface area (Å²) >= 11 is 1.17. The molecule has 2 aromatic rings.